The normalized spacial score (nSPS) is 14.3. The summed E-state index contributed by atoms with van der Waals surface area (Å²) in [6, 6.07) is 11.7. The quantitative estimate of drug-likeness (QED) is 0.814. The molecular weight excluding hydrogens is 352 g/mol. The van der Waals surface area contributed by atoms with Crippen LogP contribution in [-0.4, -0.2) is 34.6 Å². The molecule has 0 atom stereocenters. The van der Waals surface area contributed by atoms with Crippen molar-refractivity contribution >= 4 is 27.4 Å². The monoisotopic (exact) mass is 374 g/mol. The third-order valence-corrected chi connectivity index (χ3v) is 5.89. The highest BCUT2D eigenvalue weighted by Gasteiger charge is 2.19. The highest BCUT2D eigenvalue weighted by Crippen LogP contribution is 2.24. The van der Waals surface area contributed by atoms with Crippen LogP contribution in [0, 0.1) is 6.92 Å². The van der Waals surface area contributed by atoms with Crippen molar-refractivity contribution in [2.45, 2.75) is 24.7 Å². The van der Waals surface area contributed by atoms with Gasteiger partial charge in [0, 0.05) is 24.5 Å². The molecule has 6 nitrogen and oxygen atoms in total. The molecule has 1 fully saturated rings. The fraction of sp³-hybridized carbons (Fsp3) is 0.316. The number of hydrogen-bond acceptors (Lipinski definition) is 5. The van der Waals surface area contributed by atoms with Crippen molar-refractivity contribution in [3.8, 4) is 0 Å². The summed E-state index contributed by atoms with van der Waals surface area (Å²) in [4.78, 5) is 14.1. The Morgan fingerprint density at radius 1 is 1.08 bits per heavy atom. The summed E-state index contributed by atoms with van der Waals surface area (Å²) in [5.41, 5.74) is 2.47. The molecule has 1 N–H and O–H groups in total. The molecule has 0 aliphatic carbocycles. The Bertz CT molecular complexity index is 902. The lowest BCUT2D eigenvalue weighted by Crippen LogP contribution is -2.18. The summed E-state index contributed by atoms with van der Waals surface area (Å²) in [6.07, 6.45) is 2.37. The minimum absolute atomic E-state index is 0.0205. The summed E-state index contributed by atoms with van der Waals surface area (Å²) in [6.45, 7) is 3.79. The molecule has 0 saturated carbocycles. The number of rotatable bonds is 5. The lowest BCUT2D eigenvalue weighted by Gasteiger charge is -2.18. The number of carbonyl (C=O) groups excluding carboxylic acids is 1. The zero-order valence-electron chi connectivity index (χ0n) is 14.9. The van der Waals surface area contributed by atoms with E-state index in [9.17, 15) is 13.2 Å². The second-order valence-corrected chi connectivity index (χ2v) is 8.00. The van der Waals surface area contributed by atoms with E-state index in [4.69, 9.17) is 4.74 Å². The molecule has 2 aromatic carbocycles. The molecule has 3 rings (SSSR count). The Morgan fingerprint density at radius 2 is 1.73 bits per heavy atom. The second-order valence-electron chi connectivity index (χ2n) is 6.31. The molecule has 7 heteroatoms. The number of esters is 1. The van der Waals surface area contributed by atoms with Crippen LogP contribution in [0.3, 0.4) is 0 Å². The molecule has 0 bridgehead atoms. The zero-order valence-corrected chi connectivity index (χ0v) is 15.7. The molecule has 0 radical (unpaired) electrons. The lowest BCUT2D eigenvalue weighted by atomic mass is 10.1. The fourth-order valence-corrected chi connectivity index (χ4v) is 4.11. The van der Waals surface area contributed by atoms with Gasteiger partial charge in [-0.3, -0.25) is 4.72 Å². The highest BCUT2D eigenvalue weighted by molar-refractivity contribution is 7.92. The molecule has 0 amide bonds. The number of anilines is 2. The Morgan fingerprint density at radius 3 is 2.35 bits per heavy atom. The van der Waals surface area contributed by atoms with Gasteiger partial charge in [-0.15, -0.1) is 0 Å². The van der Waals surface area contributed by atoms with Gasteiger partial charge in [-0.25, -0.2) is 13.2 Å². The van der Waals surface area contributed by atoms with E-state index < -0.39 is 16.0 Å². The maximum atomic E-state index is 12.6. The van der Waals surface area contributed by atoms with Gasteiger partial charge in [0.15, 0.2) is 0 Å². The SMILES string of the molecule is COC(=O)c1cc(S(=O)(=O)Nc2ccc(N3CCCC3)cc2)ccc1C. The molecule has 0 aromatic heterocycles. The molecule has 2 aromatic rings. The number of aryl methyl sites for hydroxylation is 1. The minimum atomic E-state index is -3.80. The van der Waals surface area contributed by atoms with Gasteiger partial charge in [-0.2, -0.15) is 0 Å². The van der Waals surface area contributed by atoms with Gasteiger partial charge in [-0.1, -0.05) is 6.07 Å². The zero-order chi connectivity index (χ0) is 18.7. The van der Waals surface area contributed by atoms with Crippen LogP contribution < -0.4 is 9.62 Å². The van der Waals surface area contributed by atoms with Crippen molar-refractivity contribution in [3.05, 3.63) is 53.6 Å². The Hall–Kier alpha value is -2.54. The highest BCUT2D eigenvalue weighted by atomic mass is 32.2. The molecule has 0 spiro atoms. The van der Waals surface area contributed by atoms with Crippen LogP contribution in [0.25, 0.3) is 0 Å². The van der Waals surface area contributed by atoms with Crippen LogP contribution in [0.4, 0.5) is 11.4 Å². The summed E-state index contributed by atoms with van der Waals surface area (Å²) >= 11 is 0. The molecule has 26 heavy (non-hydrogen) atoms. The number of benzene rings is 2. The predicted molar refractivity (Wildman–Crippen MR) is 101 cm³/mol. The van der Waals surface area contributed by atoms with E-state index >= 15 is 0 Å². The number of sulfonamides is 1. The van der Waals surface area contributed by atoms with E-state index in [1.165, 1.54) is 32.1 Å². The Labute approximate surface area is 153 Å². The van der Waals surface area contributed by atoms with E-state index in [1.54, 1.807) is 25.1 Å². The maximum Gasteiger partial charge on any atom is 0.338 e. The molecule has 1 heterocycles. The van der Waals surface area contributed by atoms with Crippen LogP contribution in [-0.2, 0) is 14.8 Å². The molecule has 0 unspecified atom stereocenters. The van der Waals surface area contributed by atoms with Gasteiger partial charge < -0.3 is 9.64 Å². The first-order chi connectivity index (χ1) is 12.4. The van der Waals surface area contributed by atoms with E-state index in [-0.39, 0.29) is 10.5 Å². The first-order valence-corrected chi connectivity index (χ1v) is 9.96. The van der Waals surface area contributed by atoms with Gasteiger partial charge >= 0.3 is 5.97 Å². The summed E-state index contributed by atoms with van der Waals surface area (Å²) in [7, 11) is -2.53. The lowest BCUT2D eigenvalue weighted by molar-refractivity contribution is 0.0599. The van der Waals surface area contributed by atoms with E-state index in [0.29, 0.717) is 11.3 Å². The minimum Gasteiger partial charge on any atom is -0.465 e. The van der Waals surface area contributed by atoms with Gasteiger partial charge in [0.05, 0.1) is 17.6 Å². The van der Waals surface area contributed by atoms with Gasteiger partial charge in [0.2, 0.25) is 0 Å². The number of carbonyl (C=O) groups is 1. The topological polar surface area (TPSA) is 75.7 Å². The van der Waals surface area contributed by atoms with Crippen LogP contribution >= 0.6 is 0 Å². The third-order valence-electron chi connectivity index (χ3n) is 4.52. The van der Waals surface area contributed by atoms with Gasteiger partial charge in [0.25, 0.3) is 10.0 Å². The first-order valence-electron chi connectivity index (χ1n) is 8.47. The van der Waals surface area contributed by atoms with Gasteiger partial charge in [0.1, 0.15) is 0 Å². The molecule has 1 aliphatic heterocycles. The molecule has 1 aliphatic rings. The first kappa shape index (κ1) is 18.3. The smallest absolute Gasteiger partial charge is 0.338 e. The summed E-state index contributed by atoms with van der Waals surface area (Å²) in [5.74, 6) is -0.561. The standard InChI is InChI=1S/C19H22N2O4S/c1-14-5-10-17(13-18(14)19(22)25-2)26(23,24)20-15-6-8-16(9-7-15)21-11-3-4-12-21/h5-10,13,20H,3-4,11-12H2,1-2H3. The maximum absolute atomic E-state index is 12.6. The van der Waals surface area contributed by atoms with Crippen molar-refractivity contribution in [2.24, 2.45) is 0 Å². The van der Waals surface area contributed by atoms with Crippen LogP contribution in [0.15, 0.2) is 47.4 Å². The second kappa shape index (κ2) is 7.37. The van der Waals surface area contributed by atoms with Crippen molar-refractivity contribution in [1.82, 2.24) is 0 Å². The fourth-order valence-electron chi connectivity index (χ4n) is 3.03. The molecule has 1 saturated heterocycles. The van der Waals surface area contributed by atoms with Crippen molar-refractivity contribution < 1.29 is 17.9 Å². The van der Waals surface area contributed by atoms with Crippen LogP contribution in [0.2, 0.25) is 0 Å². The largest absolute Gasteiger partial charge is 0.465 e. The van der Waals surface area contributed by atoms with Crippen molar-refractivity contribution in [3.63, 3.8) is 0 Å². The van der Waals surface area contributed by atoms with E-state index in [2.05, 4.69) is 9.62 Å². The third kappa shape index (κ3) is 3.83. The number of nitrogens with one attached hydrogen (secondary N) is 1. The summed E-state index contributed by atoms with van der Waals surface area (Å²) < 4.78 is 32.6. The van der Waals surface area contributed by atoms with Crippen molar-refractivity contribution in [1.29, 1.82) is 0 Å². The van der Waals surface area contributed by atoms with Crippen LogP contribution in [0.5, 0.6) is 0 Å². The Balaban J connectivity index is 1.81. The number of methoxy groups -OCH3 is 1. The molecule has 138 valence electrons. The van der Waals surface area contributed by atoms with Gasteiger partial charge in [-0.05, 0) is 61.7 Å². The average molecular weight is 374 g/mol. The van der Waals surface area contributed by atoms with Crippen LogP contribution in [0.1, 0.15) is 28.8 Å². The predicted octanol–water partition coefficient (Wildman–Crippen LogP) is 3.18. The Kier molecular flexibility index (Phi) is 5.18. The number of hydrogen-bond donors (Lipinski definition) is 1. The number of ether oxygens (including phenoxy) is 1. The van der Waals surface area contributed by atoms with E-state index in [0.717, 1.165) is 18.8 Å². The molecular formula is C19H22N2O4S. The van der Waals surface area contributed by atoms with Crippen molar-refractivity contribution in [2.75, 3.05) is 29.8 Å². The average Bonchev–Trinajstić information content (AvgIpc) is 3.16. The number of nitrogens with zero attached hydrogens (tertiary/aromatic N) is 1. The summed E-state index contributed by atoms with van der Waals surface area (Å²) in [5, 5.41) is 0. The van der Waals surface area contributed by atoms with E-state index in [1.807, 2.05) is 12.1 Å².